The molecule has 0 aliphatic carbocycles. The van der Waals surface area contributed by atoms with Gasteiger partial charge in [0.1, 0.15) is 19.7 Å². The molecule has 0 spiro atoms. The van der Waals surface area contributed by atoms with Crippen LogP contribution in [0.1, 0.15) is 51.6 Å². The van der Waals surface area contributed by atoms with Gasteiger partial charge in [0.15, 0.2) is 11.9 Å². The number of hydrogen-bond acceptors (Lipinski definition) is 2. The zero-order valence-electron chi connectivity index (χ0n) is 10.5. The van der Waals surface area contributed by atoms with E-state index >= 15 is 0 Å². The average molecular weight is 226 g/mol. The van der Waals surface area contributed by atoms with Crippen molar-refractivity contribution in [2.24, 2.45) is 0 Å². The summed E-state index contributed by atoms with van der Waals surface area (Å²) in [5.41, 5.74) is 0.914. The predicted molar refractivity (Wildman–Crippen MR) is 62.8 cm³/mol. The molecule has 0 aliphatic rings. The van der Waals surface area contributed by atoms with Gasteiger partial charge < -0.3 is 5.11 Å². The van der Waals surface area contributed by atoms with E-state index in [-0.39, 0.29) is 6.61 Å². The standard InChI is InChI=1S/C12H24N3O/c1-3-5-6-7-9-14-10-12(11-16)15(13-14)8-4-2/h10,16H,3-9,11H2,1-2H3/q+1. The number of unbranched alkanes of at least 4 members (excludes halogenated alkanes) is 3. The quantitative estimate of drug-likeness (QED) is 0.541. The minimum atomic E-state index is 0.0783. The Bertz CT molecular complexity index is 296. The first-order valence-corrected chi connectivity index (χ1v) is 6.39. The van der Waals surface area contributed by atoms with E-state index in [4.69, 9.17) is 0 Å². The number of aromatic nitrogens is 3. The molecule has 0 aromatic carbocycles. The second-order valence-electron chi connectivity index (χ2n) is 4.21. The fraction of sp³-hybridized carbons (Fsp3) is 0.833. The minimum absolute atomic E-state index is 0.0783. The van der Waals surface area contributed by atoms with Crippen molar-refractivity contribution in [3.8, 4) is 0 Å². The van der Waals surface area contributed by atoms with Crippen molar-refractivity contribution in [1.29, 1.82) is 0 Å². The molecule has 1 aromatic heterocycles. The smallest absolute Gasteiger partial charge is 0.192 e. The second kappa shape index (κ2) is 7.39. The van der Waals surface area contributed by atoms with Crippen LogP contribution in [0.4, 0.5) is 0 Å². The zero-order valence-corrected chi connectivity index (χ0v) is 10.5. The monoisotopic (exact) mass is 226 g/mol. The maximum Gasteiger partial charge on any atom is 0.192 e. The van der Waals surface area contributed by atoms with Crippen molar-refractivity contribution in [2.45, 2.75) is 65.6 Å². The third-order valence-electron chi connectivity index (χ3n) is 2.69. The molecule has 0 aliphatic heterocycles. The molecule has 0 saturated heterocycles. The molecule has 0 saturated carbocycles. The van der Waals surface area contributed by atoms with E-state index in [1.807, 2.05) is 15.6 Å². The molecule has 4 heteroatoms. The summed E-state index contributed by atoms with van der Waals surface area (Å²) >= 11 is 0. The molecule has 1 N–H and O–H groups in total. The maximum absolute atomic E-state index is 9.19. The van der Waals surface area contributed by atoms with Crippen molar-refractivity contribution < 1.29 is 9.79 Å². The number of aryl methyl sites for hydroxylation is 2. The van der Waals surface area contributed by atoms with E-state index in [9.17, 15) is 5.11 Å². The Labute approximate surface area is 97.9 Å². The lowest BCUT2D eigenvalue weighted by Gasteiger charge is -1.94. The molecule has 0 radical (unpaired) electrons. The minimum Gasteiger partial charge on any atom is -0.388 e. The Balaban J connectivity index is 2.46. The number of aliphatic hydroxyl groups is 1. The fourth-order valence-corrected chi connectivity index (χ4v) is 1.79. The zero-order chi connectivity index (χ0) is 11.8. The highest BCUT2D eigenvalue weighted by atomic mass is 16.3. The summed E-state index contributed by atoms with van der Waals surface area (Å²) in [7, 11) is 0. The summed E-state index contributed by atoms with van der Waals surface area (Å²) < 4.78 is 3.86. The SMILES string of the molecule is CCCCCC[n+]1cc(CO)n(CCC)n1. The van der Waals surface area contributed by atoms with Crippen LogP contribution in [0.2, 0.25) is 0 Å². The first kappa shape index (κ1) is 13.2. The van der Waals surface area contributed by atoms with Crippen LogP contribution in [-0.2, 0) is 19.7 Å². The molecule has 4 nitrogen and oxygen atoms in total. The van der Waals surface area contributed by atoms with Gasteiger partial charge in [-0.3, -0.25) is 0 Å². The lowest BCUT2D eigenvalue weighted by atomic mass is 10.2. The molecule has 16 heavy (non-hydrogen) atoms. The molecule has 0 amide bonds. The summed E-state index contributed by atoms with van der Waals surface area (Å²) in [6.45, 7) is 6.26. The molecule has 1 rings (SSSR count). The largest absolute Gasteiger partial charge is 0.388 e. The van der Waals surface area contributed by atoms with Crippen molar-refractivity contribution in [3.63, 3.8) is 0 Å². The maximum atomic E-state index is 9.19. The molecular formula is C12H24N3O+. The molecule has 1 heterocycles. The third kappa shape index (κ3) is 3.93. The highest BCUT2D eigenvalue weighted by molar-refractivity contribution is 4.87. The van der Waals surface area contributed by atoms with Crippen molar-refractivity contribution in [1.82, 2.24) is 9.90 Å². The van der Waals surface area contributed by atoms with Gasteiger partial charge in [-0.2, -0.15) is 0 Å². The molecule has 92 valence electrons. The van der Waals surface area contributed by atoms with Crippen LogP contribution >= 0.6 is 0 Å². The molecule has 0 unspecified atom stereocenters. The summed E-state index contributed by atoms with van der Waals surface area (Å²) in [4.78, 5) is 0. The molecule has 0 bridgehead atoms. The van der Waals surface area contributed by atoms with E-state index in [0.29, 0.717) is 0 Å². The number of rotatable bonds is 8. The first-order valence-electron chi connectivity index (χ1n) is 6.39. The molecule has 1 aromatic rings. The number of aliphatic hydroxyl groups excluding tert-OH is 1. The van der Waals surface area contributed by atoms with Crippen molar-refractivity contribution in [2.75, 3.05) is 0 Å². The molecule has 0 atom stereocenters. The van der Waals surface area contributed by atoms with Crippen LogP contribution < -0.4 is 4.68 Å². The van der Waals surface area contributed by atoms with Crippen LogP contribution in [0.25, 0.3) is 0 Å². The van der Waals surface area contributed by atoms with E-state index in [2.05, 4.69) is 19.1 Å². The van der Waals surface area contributed by atoms with E-state index in [0.717, 1.165) is 25.2 Å². The van der Waals surface area contributed by atoms with Gasteiger partial charge in [0, 0.05) is 0 Å². The fourth-order valence-electron chi connectivity index (χ4n) is 1.79. The van der Waals surface area contributed by atoms with Crippen molar-refractivity contribution in [3.05, 3.63) is 11.9 Å². The average Bonchev–Trinajstić information content (AvgIpc) is 2.68. The molecule has 0 fully saturated rings. The Morgan fingerprint density at radius 2 is 2.06 bits per heavy atom. The highest BCUT2D eigenvalue weighted by Crippen LogP contribution is 2.00. The number of nitrogens with zero attached hydrogens (tertiary/aromatic N) is 3. The Morgan fingerprint density at radius 3 is 2.69 bits per heavy atom. The van der Waals surface area contributed by atoms with Crippen LogP contribution in [0, 0.1) is 0 Å². The Morgan fingerprint density at radius 1 is 1.25 bits per heavy atom. The Kier molecular flexibility index (Phi) is 6.08. The van der Waals surface area contributed by atoms with Gasteiger partial charge in [-0.1, -0.05) is 26.7 Å². The van der Waals surface area contributed by atoms with E-state index in [1.165, 1.54) is 25.7 Å². The van der Waals surface area contributed by atoms with Gasteiger partial charge >= 0.3 is 0 Å². The highest BCUT2D eigenvalue weighted by Gasteiger charge is 2.13. The van der Waals surface area contributed by atoms with Gasteiger partial charge in [-0.25, -0.2) is 0 Å². The van der Waals surface area contributed by atoms with Gasteiger partial charge in [0.05, 0.1) is 5.21 Å². The Hall–Kier alpha value is -0.900. The van der Waals surface area contributed by atoms with Gasteiger partial charge in [0.2, 0.25) is 0 Å². The van der Waals surface area contributed by atoms with E-state index < -0.39 is 0 Å². The summed E-state index contributed by atoms with van der Waals surface area (Å²) in [6, 6.07) is 0. The second-order valence-corrected chi connectivity index (χ2v) is 4.21. The predicted octanol–water partition coefficient (Wildman–Crippen LogP) is 1.65. The van der Waals surface area contributed by atoms with Gasteiger partial charge in [0.25, 0.3) is 0 Å². The van der Waals surface area contributed by atoms with Crippen LogP contribution in [0.15, 0.2) is 6.20 Å². The van der Waals surface area contributed by atoms with Crippen LogP contribution in [0.5, 0.6) is 0 Å². The molecular weight excluding hydrogens is 202 g/mol. The van der Waals surface area contributed by atoms with Gasteiger partial charge in [-0.05, 0) is 19.3 Å². The normalized spacial score (nSPS) is 10.9. The number of hydrogen-bond donors (Lipinski definition) is 1. The van der Waals surface area contributed by atoms with Crippen LogP contribution in [0.3, 0.4) is 0 Å². The van der Waals surface area contributed by atoms with Crippen molar-refractivity contribution >= 4 is 0 Å². The lowest BCUT2D eigenvalue weighted by molar-refractivity contribution is -0.755. The summed E-state index contributed by atoms with van der Waals surface area (Å²) in [6.07, 6.45) is 8.00. The first-order chi connectivity index (χ1) is 7.81. The topological polar surface area (TPSA) is 41.9 Å². The van der Waals surface area contributed by atoms with E-state index in [1.54, 1.807) is 0 Å². The van der Waals surface area contributed by atoms with Gasteiger partial charge in [-0.15, -0.1) is 9.36 Å². The third-order valence-corrected chi connectivity index (χ3v) is 2.69. The lowest BCUT2D eigenvalue weighted by Crippen LogP contribution is -2.36. The van der Waals surface area contributed by atoms with Crippen LogP contribution in [-0.4, -0.2) is 15.0 Å². The summed E-state index contributed by atoms with van der Waals surface area (Å²) in [5.74, 6) is 0. The summed E-state index contributed by atoms with van der Waals surface area (Å²) in [5, 5.41) is 13.6.